The van der Waals surface area contributed by atoms with Gasteiger partial charge in [-0.1, -0.05) is 30.7 Å². The van der Waals surface area contributed by atoms with E-state index in [4.69, 9.17) is 11.6 Å². The van der Waals surface area contributed by atoms with Crippen LogP contribution in [0, 0.1) is 0 Å². The number of nitrogens with zero attached hydrogens (tertiary/aromatic N) is 6. The SMILES string of the molecule is CC(C)N(C)CCN(C[C@@H](C(=O)N1CCN(c2ncnc3c2[C@H](C)C[C@H]3O)CC1)c1ccc(Cl)cc1)C(C)C. The number of carbonyl (C=O) groups is 1. The highest BCUT2D eigenvalue weighted by molar-refractivity contribution is 6.30. The molecule has 1 aliphatic carbocycles. The molecule has 0 saturated carbocycles. The summed E-state index contributed by atoms with van der Waals surface area (Å²) in [7, 11) is 2.15. The van der Waals surface area contributed by atoms with E-state index in [9.17, 15) is 9.90 Å². The fraction of sp³-hybridized carbons (Fsp3) is 0.633. The van der Waals surface area contributed by atoms with Crippen LogP contribution in [0.3, 0.4) is 0 Å². The van der Waals surface area contributed by atoms with Gasteiger partial charge in [0.05, 0.1) is 17.7 Å². The minimum Gasteiger partial charge on any atom is -0.387 e. The third-order valence-electron chi connectivity index (χ3n) is 8.51. The smallest absolute Gasteiger partial charge is 0.231 e. The first kappa shape index (κ1) is 29.7. The summed E-state index contributed by atoms with van der Waals surface area (Å²) >= 11 is 6.21. The van der Waals surface area contributed by atoms with Gasteiger partial charge in [0.25, 0.3) is 0 Å². The zero-order valence-corrected chi connectivity index (χ0v) is 25.1. The van der Waals surface area contributed by atoms with Crippen molar-refractivity contribution in [3.63, 3.8) is 0 Å². The van der Waals surface area contributed by atoms with Crippen LogP contribution >= 0.6 is 11.6 Å². The summed E-state index contributed by atoms with van der Waals surface area (Å²) in [5.74, 6) is 1.03. The van der Waals surface area contributed by atoms with Crippen molar-refractivity contribution in [3.8, 4) is 0 Å². The molecule has 3 atom stereocenters. The fourth-order valence-electron chi connectivity index (χ4n) is 5.67. The molecule has 1 saturated heterocycles. The normalized spacial score (nSPS) is 20.4. The number of hydrogen-bond acceptors (Lipinski definition) is 7. The second-order valence-corrected chi connectivity index (χ2v) is 12.2. The van der Waals surface area contributed by atoms with Crippen molar-refractivity contribution in [1.29, 1.82) is 0 Å². The molecule has 0 bridgehead atoms. The predicted octanol–water partition coefficient (Wildman–Crippen LogP) is 4.15. The molecule has 39 heavy (non-hydrogen) atoms. The number of aromatic nitrogens is 2. The fourth-order valence-corrected chi connectivity index (χ4v) is 5.80. The van der Waals surface area contributed by atoms with Crippen molar-refractivity contribution >= 4 is 23.3 Å². The van der Waals surface area contributed by atoms with Gasteiger partial charge in [-0.15, -0.1) is 0 Å². The molecule has 214 valence electrons. The Hall–Kier alpha value is -2.26. The lowest BCUT2D eigenvalue weighted by molar-refractivity contribution is -0.133. The van der Waals surface area contributed by atoms with Gasteiger partial charge in [0.1, 0.15) is 12.1 Å². The summed E-state index contributed by atoms with van der Waals surface area (Å²) in [6, 6.07) is 8.56. The average Bonchev–Trinajstić information content (AvgIpc) is 3.22. The summed E-state index contributed by atoms with van der Waals surface area (Å²) in [6.45, 7) is 16.1. The summed E-state index contributed by atoms with van der Waals surface area (Å²) in [6.07, 6.45) is 1.71. The number of likely N-dealkylation sites (N-methyl/N-ethyl adjacent to an activating group) is 1. The van der Waals surface area contributed by atoms with Gasteiger partial charge in [-0.25, -0.2) is 9.97 Å². The van der Waals surface area contributed by atoms with Crippen LogP contribution in [-0.4, -0.2) is 101 Å². The van der Waals surface area contributed by atoms with Crippen LogP contribution in [0.1, 0.15) is 75.8 Å². The summed E-state index contributed by atoms with van der Waals surface area (Å²) in [5, 5.41) is 11.1. The highest BCUT2D eigenvalue weighted by Crippen LogP contribution is 2.42. The molecule has 0 radical (unpaired) electrons. The minimum atomic E-state index is -0.524. The Morgan fingerprint density at radius 1 is 1.05 bits per heavy atom. The lowest BCUT2D eigenvalue weighted by Gasteiger charge is -2.39. The number of aliphatic hydroxyl groups is 1. The molecule has 1 fully saturated rings. The van der Waals surface area contributed by atoms with E-state index in [-0.39, 0.29) is 17.7 Å². The Labute approximate surface area is 239 Å². The summed E-state index contributed by atoms with van der Waals surface area (Å²) in [5.41, 5.74) is 2.82. The minimum absolute atomic E-state index is 0.163. The van der Waals surface area contributed by atoms with E-state index in [1.807, 2.05) is 29.2 Å². The Bertz CT molecular complexity index is 1100. The Morgan fingerprint density at radius 2 is 1.72 bits per heavy atom. The second kappa shape index (κ2) is 12.9. The zero-order valence-electron chi connectivity index (χ0n) is 24.3. The molecule has 2 aliphatic rings. The van der Waals surface area contributed by atoms with Crippen LogP contribution in [0.4, 0.5) is 5.82 Å². The van der Waals surface area contributed by atoms with E-state index in [1.54, 1.807) is 6.33 Å². The van der Waals surface area contributed by atoms with Crippen LogP contribution in [0.2, 0.25) is 5.02 Å². The molecular formula is C30H45ClN6O2. The molecule has 2 aromatic rings. The molecule has 1 amide bonds. The number of hydrogen-bond donors (Lipinski definition) is 1. The Morgan fingerprint density at radius 3 is 2.33 bits per heavy atom. The van der Waals surface area contributed by atoms with Crippen molar-refractivity contribution in [2.75, 3.05) is 57.8 Å². The number of carbonyl (C=O) groups excluding carboxylic acids is 1. The number of benzene rings is 1. The van der Waals surface area contributed by atoms with Crippen LogP contribution in [0.5, 0.6) is 0 Å². The number of aliphatic hydroxyl groups excluding tert-OH is 1. The second-order valence-electron chi connectivity index (χ2n) is 11.7. The first-order chi connectivity index (χ1) is 18.6. The third kappa shape index (κ3) is 6.91. The molecule has 0 unspecified atom stereocenters. The first-order valence-corrected chi connectivity index (χ1v) is 14.7. The molecule has 0 spiro atoms. The molecule has 1 N–H and O–H groups in total. The van der Waals surface area contributed by atoms with E-state index in [1.165, 1.54) is 0 Å². The highest BCUT2D eigenvalue weighted by Gasteiger charge is 2.35. The van der Waals surface area contributed by atoms with Crippen molar-refractivity contribution in [2.45, 2.75) is 71.1 Å². The molecule has 2 heterocycles. The topological polar surface area (TPSA) is 76.0 Å². The van der Waals surface area contributed by atoms with Crippen LogP contribution < -0.4 is 4.90 Å². The number of halogens is 1. The van der Waals surface area contributed by atoms with Gasteiger partial charge in [-0.2, -0.15) is 0 Å². The van der Waals surface area contributed by atoms with E-state index in [0.29, 0.717) is 56.3 Å². The standard InChI is InChI=1S/C30H45ClN6O2/c1-20(2)34(6)11-12-37(21(3)4)18-25(23-7-9-24(31)10-8-23)30(39)36-15-13-35(14-16-36)29-27-22(5)17-26(38)28(27)32-19-33-29/h7-10,19-22,25-26,38H,11-18H2,1-6H3/t22-,25-,26-/m1/s1. The van der Waals surface area contributed by atoms with E-state index < -0.39 is 6.10 Å². The van der Waals surface area contributed by atoms with Gasteiger partial charge in [0.15, 0.2) is 0 Å². The monoisotopic (exact) mass is 556 g/mol. The molecule has 4 rings (SSSR count). The summed E-state index contributed by atoms with van der Waals surface area (Å²) < 4.78 is 0. The lowest BCUT2D eigenvalue weighted by atomic mass is 9.95. The van der Waals surface area contributed by atoms with Crippen molar-refractivity contribution in [1.82, 2.24) is 24.7 Å². The molecule has 1 aliphatic heterocycles. The van der Waals surface area contributed by atoms with Gasteiger partial charge < -0.3 is 19.8 Å². The number of amides is 1. The Kier molecular flexibility index (Phi) is 9.86. The van der Waals surface area contributed by atoms with Gasteiger partial charge in [-0.3, -0.25) is 9.69 Å². The van der Waals surface area contributed by atoms with Crippen molar-refractivity contribution in [3.05, 3.63) is 52.4 Å². The van der Waals surface area contributed by atoms with Crippen molar-refractivity contribution < 1.29 is 9.90 Å². The number of piperazine rings is 1. The first-order valence-electron chi connectivity index (χ1n) is 14.3. The quantitative estimate of drug-likeness (QED) is 0.471. The molecule has 8 nitrogen and oxygen atoms in total. The Balaban J connectivity index is 1.49. The highest BCUT2D eigenvalue weighted by atomic mass is 35.5. The predicted molar refractivity (Wildman–Crippen MR) is 157 cm³/mol. The van der Waals surface area contributed by atoms with Gasteiger partial charge in [0.2, 0.25) is 5.91 Å². The van der Waals surface area contributed by atoms with Crippen LogP contribution in [-0.2, 0) is 4.79 Å². The van der Waals surface area contributed by atoms with E-state index in [2.05, 4.69) is 66.3 Å². The average molecular weight is 557 g/mol. The maximum atomic E-state index is 14.1. The maximum absolute atomic E-state index is 14.1. The molecule has 9 heteroatoms. The van der Waals surface area contributed by atoms with Crippen LogP contribution in [0.25, 0.3) is 0 Å². The number of rotatable bonds is 10. The maximum Gasteiger partial charge on any atom is 0.231 e. The molecule has 1 aromatic heterocycles. The number of anilines is 1. The van der Waals surface area contributed by atoms with Crippen molar-refractivity contribution in [2.24, 2.45) is 0 Å². The summed E-state index contributed by atoms with van der Waals surface area (Å²) in [4.78, 5) is 32.1. The van der Waals surface area contributed by atoms with E-state index >= 15 is 0 Å². The molecule has 1 aromatic carbocycles. The van der Waals surface area contributed by atoms with Gasteiger partial charge in [0, 0.05) is 68.5 Å². The van der Waals surface area contributed by atoms with E-state index in [0.717, 1.165) is 35.7 Å². The third-order valence-corrected chi connectivity index (χ3v) is 8.76. The zero-order chi connectivity index (χ0) is 28.3. The molecular weight excluding hydrogens is 512 g/mol. The van der Waals surface area contributed by atoms with Crippen LogP contribution in [0.15, 0.2) is 30.6 Å². The van der Waals surface area contributed by atoms with Gasteiger partial charge in [-0.05, 0) is 64.8 Å². The largest absolute Gasteiger partial charge is 0.387 e. The van der Waals surface area contributed by atoms with Gasteiger partial charge >= 0.3 is 0 Å². The lowest BCUT2D eigenvalue weighted by Crippen LogP contribution is -2.52. The number of fused-ring (bicyclic) bond motifs is 1.